The number of nitrogens with two attached hydrogens (primary N) is 1. The predicted octanol–water partition coefficient (Wildman–Crippen LogP) is 2.02. The van der Waals surface area contributed by atoms with Gasteiger partial charge in [0, 0.05) is 18.3 Å². The van der Waals surface area contributed by atoms with Gasteiger partial charge in [-0.15, -0.1) is 0 Å². The molecular weight excluding hydrogens is 188 g/mol. The number of rotatable bonds is 2. The summed E-state index contributed by atoms with van der Waals surface area (Å²) in [7, 11) is 0. The summed E-state index contributed by atoms with van der Waals surface area (Å²) in [6.45, 7) is 4.86. The van der Waals surface area contributed by atoms with Crippen molar-refractivity contribution < 1.29 is 4.79 Å². The lowest BCUT2D eigenvalue weighted by molar-refractivity contribution is 0.0714. The average Bonchev–Trinajstić information content (AvgIpc) is 2.56. The Balaban J connectivity index is 2.38. The van der Waals surface area contributed by atoms with Crippen LogP contribution in [0.2, 0.25) is 0 Å². The van der Waals surface area contributed by atoms with E-state index >= 15 is 0 Å². The highest BCUT2D eigenvalue weighted by Crippen LogP contribution is 2.29. The van der Waals surface area contributed by atoms with Crippen LogP contribution in [0.1, 0.15) is 36.2 Å². The van der Waals surface area contributed by atoms with Gasteiger partial charge in [0.2, 0.25) is 0 Å². The number of carbonyl (C=O) groups excluding carboxylic acids is 1. The summed E-state index contributed by atoms with van der Waals surface area (Å²) in [5.41, 5.74) is 8.18. The van der Waals surface area contributed by atoms with E-state index in [1.807, 2.05) is 17.0 Å². The van der Waals surface area contributed by atoms with Gasteiger partial charge < -0.3 is 10.6 Å². The third-order valence-electron chi connectivity index (χ3n) is 3.12. The van der Waals surface area contributed by atoms with Gasteiger partial charge in [-0.25, -0.2) is 0 Å². The van der Waals surface area contributed by atoms with Gasteiger partial charge in [0.15, 0.2) is 0 Å². The number of anilines is 1. The molecule has 1 unspecified atom stereocenters. The van der Waals surface area contributed by atoms with Crippen LogP contribution in [0.5, 0.6) is 0 Å². The van der Waals surface area contributed by atoms with E-state index < -0.39 is 0 Å². The van der Waals surface area contributed by atoms with E-state index in [4.69, 9.17) is 5.73 Å². The van der Waals surface area contributed by atoms with Crippen LogP contribution in [-0.2, 0) is 6.54 Å². The fraction of sp³-hybridized carbons (Fsp3) is 0.417. The van der Waals surface area contributed by atoms with Gasteiger partial charge in [-0.3, -0.25) is 4.79 Å². The summed E-state index contributed by atoms with van der Waals surface area (Å²) in [5, 5.41) is 0. The molecule has 0 saturated heterocycles. The fourth-order valence-corrected chi connectivity index (χ4v) is 1.99. The molecule has 1 aliphatic rings. The zero-order valence-corrected chi connectivity index (χ0v) is 9.16. The molecule has 1 aromatic rings. The normalized spacial score (nSPS) is 16.7. The summed E-state index contributed by atoms with van der Waals surface area (Å²) in [6.07, 6.45) is 0.972. The Morgan fingerprint density at radius 1 is 1.53 bits per heavy atom. The number of nitrogen functional groups attached to an aromatic ring is 1. The maximum Gasteiger partial charge on any atom is 0.256 e. The average molecular weight is 204 g/mol. The van der Waals surface area contributed by atoms with Gasteiger partial charge >= 0.3 is 0 Å². The Morgan fingerprint density at radius 2 is 2.27 bits per heavy atom. The van der Waals surface area contributed by atoms with E-state index in [1.165, 1.54) is 0 Å². The van der Waals surface area contributed by atoms with Crippen molar-refractivity contribution in [1.29, 1.82) is 0 Å². The zero-order valence-electron chi connectivity index (χ0n) is 9.16. The van der Waals surface area contributed by atoms with Gasteiger partial charge in [-0.2, -0.15) is 0 Å². The number of hydrogen-bond donors (Lipinski definition) is 1. The Bertz CT molecular complexity index is 401. The summed E-state index contributed by atoms with van der Waals surface area (Å²) >= 11 is 0. The van der Waals surface area contributed by atoms with E-state index in [-0.39, 0.29) is 11.9 Å². The SMILES string of the molecule is CCC(C)N1Cc2cccc(N)c2C1=O. The van der Waals surface area contributed by atoms with E-state index in [9.17, 15) is 4.79 Å². The zero-order chi connectivity index (χ0) is 11.0. The quantitative estimate of drug-likeness (QED) is 0.749. The largest absolute Gasteiger partial charge is 0.398 e. The summed E-state index contributed by atoms with van der Waals surface area (Å²) in [5.74, 6) is 0.0810. The molecule has 0 bridgehead atoms. The molecule has 2 rings (SSSR count). The second-order valence-electron chi connectivity index (χ2n) is 4.07. The first kappa shape index (κ1) is 10.0. The fourth-order valence-electron chi connectivity index (χ4n) is 1.99. The molecule has 80 valence electrons. The van der Waals surface area contributed by atoms with Gasteiger partial charge in [-0.1, -0.05) is 19.1 Å². The van der Waals surface area contributed by atoms with Crippen molar-refractivity contribution in [1.82, 2.24) is 4.90 Å². The molecule has 0 radical (unpaired) electrons. The molecule has 2 N–H and O–H groups in total. The van der Waals surface area contributed by atoms with Crippen molar-refractivity contribution in [3.05, 3.63) is 29.3 Å². The van der Waals surface area contributed by atoms with E-state index in [2.05, 4.69) is 13.8 Å². The lowest BCUT2D eigenvalue weighted by Gasteiger charge is -2.22. The molecule has 0 fully saturated rings. The minimum Gasteiger partial charge on any atom is -0.398 e. The second kappa shape index (κ2) is 3.57. The minimum absolute atomic E-state index is 0.0810. The van der Waals surface area contributed by atoms with Gasteiger partial charge in [0.25, 0.3) is 5.91 Å². The van der Waals surface area contributed by atoms with Crippen molar-refractivity contribution in [2.24, 2.45) is 0 Å². The molecule has 15 heavy (non-hydrogen) atoms. The van der Waals surface area contributed by atoms with Crippen LogP contribution in [0.25, 0.3) is 0 Å². The maximum absolute atomic E-state index is 12.1. The maximum atomic E-state index is 12.1. The van der Waals surface area contributed by atoms with Crippen LogP contribution < -0.4 is 5.73 Å². The number of amides is 1. The smallest absolute Gasteiger partial charge is 0.256 e. The third kappa shape index (κ3) is 1.48. The third-order valence-corrected chi connectivity index (χ3v) is 3.12. The van der Waals surface area contributed by atoms with Crippen LogP contribution in [0, 0.1) is 0 Å². The van der Waals surface area contributed by atoms with E-state index in [0.717, 1.165) is 12.0 Å². The molecule has 1 atom stereocenters. The molecular formula is C12H16N2O. The van der Waals surface area contributed by atoms with Gasteiger partial charge in [0.1, 0.15) is 0 Å². The highest BCUT2D eigenvalue weighted by molar-refractivity contribution is 6.03. The van der Waals surface area contributed by atoms with Crippen molar-refractivity contribution in [2.45, 2.75) is 32.9 Å². The monoisotopic (exact) mass is 204 g/mol. The Hall–Kier alpha value is -1.51. The standard InChI is InChI=1S/C12H16N2O/c1-3-8(2)14-7-9-5-4-6-10(13)11(9)12(14)15/h4-6,8H,3,7,13H2,1-2H3. The number of nitrogens with zero attached hydrogens (tertiary/aromatic N) is 1. The van der Waals surface area contributed by atoms with Gasteiger partial charge in [-0.05, 0) is 25.0 Å². The molecule has 0 spiro atoms. The number of carbonyl (C=O) groups is 1. The van der Waals surface area contributed by atoms with E-state index in [0.29, 0.717) is 17.8 Å². The molecule has 0 aliphatic carbocycles. The Kier molecular flexibility index (Phi) is 2.39. The van der Waals surface area contributed by atoms with Crippen molar-refractivity contribution >= 4 is 11.6 Å². The van der Waals surface area contributed by atoms with Gasteiger partial charge in [0.05, 0.1) is 5.56 Å². The van der Waals surface area contributed by atoms with Crippen LogP contribution in [0.15, 0.2) is 18.2 Å². The number of fused-ring (bicyclic) bond motifs is 1. The van der Waals surface area contributed by atoms with Crippen molar-refractivity contribution in [3.63, 3.8) is 0 Å². The topological polar surface area (TPSA) is 46.3 Å². The minimum atomic E-state index is 0.0810. The molecule has 1 aromatic carbocycles. The number of benzene rings is 1. The predicted molar refractivity (Wildman–Crippen MR) is 60.5 cm³/mol. The first-order valence-electron chi connectivity index (χ1n) is 5.33. The molecule has 1 aliphatic heterocycles. The molecule has 3 heteroatoms. The molecule has 1 amide bonds. The molecule has 3 nitrogen and oxygen atoms in total. The van der Waals surface area contributed by atoms with Crippen molar-refractivity contribution in [2.75, 3.05) is 5.73 Å². The Labute approximate surface area is 89.9 Å². The highest BCUT2D eigenvalue weighted by atomic mass is 16.2. The molecule has 1 heterocycles. The summed E-state index contributed by atoms with van der Waals surface area (Å²) in [4.78, 5) is 14.0. The lowest BCUT2D eigenvalue weighted by atomic mass is 10.1. The number of hydrogen-bond acceptors (Lipinski definition) is 2. The first-order valence-corrected chi connectivity index (χ1v) is 5.33. The Morgan fingerprint density at radius 3 is 2.87 bits per heavy atom. The molecule has 0 saturated carbocycles. The van der Waals surface area contributed by atoms with Crippen LogP contribution in [0.4, 0.5) is 5.69 Å². The molecule has 0 aromatic heterocycles. The van der Waals surface area contributed by atoms with Crippen LogP contribution in [0.3, 0.4) is 0 Å². The van der Waals surface area contributed by atoms with E-state index in [1.54, 1.807) is 6.07 Å². The van der Waals surface area contributed by atoms with Crippen molar-refractivity contribution in [3.8, 4) is 0 Å². The first-order chi connectivity index (χ1) is 7.15. The van der Waals surface area contributed by atoms with Crippen LogP contribution in [-0.4, -0.2) is 16.8 Å². The summed E-state index contributed by atoms with van der Waals surface area (Å²) in [6, 6.07) is 5.95. The summed E-state index contributed by atoms with van der Waals surface area (Å²) < 4.78 is 0. The second-order valence-corrected chi connectivity index (χ2v) is 4.07. The highest BCUT2D eigenvalue weighted by Gasteiger charge is 2.31. The lowest BCUT2D eigenvalue weighted by Crippen LogP contribution is -2.32. The van der Waals surface area contributed by atoms with Crippen LogP contribution >= 0.6 is 0 Å².